The molecule has 0 saturated heterocycles. The lowest BCUT2D eigenvalue weighted by Gasteiger charge is -2.23. The van der Waals surface area contributed by atoms with Crippen LogP contribution in [-0.2, 0) is 12.8 Å². The number of rotatable bonds is 2. The molecule has 1 aliphatic carbocycles. The number of fused-ring (bicyclic) bond motifs is 1. The van der Waals surface area contributed by atoms with Crippen LogP contribution < -0.4 is 0 Å². The van der Waals surface area contributed by atoms with E-state index in [1.54, 1.807) is 0 Å². The van der Waals surface area contributed by atoms with Gasteiger partial charge in [-0.2, -0.15) is 0 Å². The Bertz CT molecular complexity index is 604. The fourth-order valence-corrected chi connectivity index (χ4v) is 3.13. The van der Waals surface area contributed by atoms with E-state index in [9.17, 15) is 4.79 Å². The summed E-state index contributed by atoms with van der Waals surface area (Å²) in [6, 6.07) is 16.3. The van der Waals surface area contributed by atoms with Crippen LogP contribution >= 0.6 is 15.9 Å². The smallest absolute Gasteiger partial charge is 0.166 e. The average molecular weight is 315 g/mol. The molecule has 2 aromatic carbocycles. The highest BCUT2D eigenvalue weighted by molar-refractivity contribution is 9.10. The van der Waals surface area contributed by atoms with E-state index >= 15 is 0 Å². The van der Waals surface area contributed by atoms with E-state index < -0.39 is 0 Å². The van der Waals surface area contributed by atoms with Gasteiger partial charge >= 0.3 is 0 Å². The van der Waals surface area contributed by atoms with Crippen LogP contribution in [0.15, 0.2) is 53.0 Å². The maximum Gasteiger partial charge on any atom is 0.166 e. The maximum atomic E-state index is 12.6. The monoisotopic (exact) mass is 314 g/mol. The van der Waals surface area contributed by atoms with Gasteiger partial charge in [0, 0.05) is 16.0 Å². The van der Waals surface area contributed by atoms with E-state index in [0.717, 1.165) is 29.3 Å². The van der Waals surface area contributed by atoms with E-state index in [1.165, 1.54) is 11.1 Å². The van der Waals surface area contributed by atoms with Gasteiger partial charge in [-0.25, -0.2) is 0 Å². The highest BCUT2D eigenvalue weighted by atomic mass is 79.9. The first-order chi connectivity index (χ1) is 9.24. The molecule has 1 nitrogen and oxygen atoms in total. The van der Waals surface area contributed by atoms with Crippen LogP contribution in [0, 0.1) is 5.92 Å². The molecule has 96 valence electrons. The van der Waals surface area contributed by atoms with Gasteiger partial charge in [0.2, 0.25) is 0 Å². The van der Waals surface area contributed by atoms with Gasteiger partial charge in [0.1, 0.15) is 0 Å². The number of ketones is 1. The summed E-state index contributed by atoms with van der Waals surface area (Å²) in [7, 11) is 0. The number of Topliss-reactive ketones (excluding diaryl/α,β-unsaturated/α-hetero) is 1. The van der Waals surface area contributed by atoms with Crippen molar-refractivity contribution >= 4 is 21.7 Å². The summed E-state index contributed by atoms with van der Waals surface area (Å²) in [4.78, 5) is 12.6. The third kappa shape index (κ3) is 2.64. The first-order valence-electron chi connectivity index (χ1n) is 6.60. The molecule has 0 aliphatic heterocycles. The minimum absolute atomic E-state index is 0.129. The number of aryl methyl sites for hydroxylation is 1. The number of halogens is 1. The van der Waals surface area contributed by atoms with Crippen molar-refractivity contribution < 1.29 is 4.79 Å². The fraction of sp³-hybridized carbons (Fsp3) is 0.235. The quantitative estimate of drug-likeness (QED) is 0.801. The van der Waals surface area contributed by atoms with Gasteiger partial charge < -0.3 is 0 Å². The minimum atomic E-state index is 0.129. The predicted molar refractivity (Wildman–Crippen MR) is 80.4 cm³/mol. The van der Waals surface area contributed by atoms with Crippen LogP contribution in [0.3, 0.4) is 0 Å². The van der Waals surface area contributed by atoms with E-state index in [1.807, 2.05) is 30.3 Å². The Morgan fingerprint density at radius 3 is 2.68 bits per heavy atom. The van der Waals surface area contributed by atoms with Crippen LogP contribution in [0.5, 0.6) is 0 Å². The van der Waals surface area contributed by atoms with Crippen LogP contribution in [0.4, 0.5) is 0 Å². The normalized spacial score (nSPS) is 18.2. The summed E-state index contributed by atoms with van der Waals surface area (Å²) in [6.45, 7) is 0. The lowest BCUT2D eigenvalue weighted by molar-refractivity contribution is 0.0901. The standard InChI is InChI=1S/C17H15BrO/c18-15-9-8-13-6-7-14(17(19)16(13)11-15)10-12-4-2-1-3-5-12/h1-5,8-9,11,14H,6-7,10H2/t14-/m1/s1. The first kappa shape index (κ1) is 12.6. The van der Waals surface area contributed by atoms with Gasteiger partial charge in [0.05, 0.1) is 0 Å². The molecular weight excluding hydrogens is 300 g/mol. The molecule has 0 saturated carbocycles. The summed E-state index contributed by atoms with van der Waals surface area (Å²) in [5.74, 6) is 0.426. The van der Waals surface area contributed by atoms with Gasteiger partial charge in [-0.1, -0.05) is 52.3 Å². The molecule has 0 unspecified atom stereocenters. The van der Waals surface area contributed by atoms with E-state index in [-0.39, 0.29) is 5.92 Å². The third-order valence-electron chi connectivity index (χ3n) is 3.80. The van der Waals surface area contributed by atoms with Gasteiger partial charge in [-0.15, -0.1) is 0 Å². The summed E-state index contributed by atoms with van der Waals surface area (Å²) >= 11 is 3.45. The molecular formula is C17H15BrO. The van der Waals surface area contributed by atoms with Crippen molar-refractivity contribution in [3.8, 4) is 0 Å². The lowest BCUT2D eigenvalue weighted by Crippen LogP contribution is -2.24. The second-order valence-corrected chi connectivity index (χ2v) is 6.01. The number of carbonyl (C=O) groups excluding carboxylic acids is 1. The Balaban J connectivity index is 1.85. The van der Waals surface area contributed by atoms with Crippen molar-refractivity contribution in [2.75, 3.05) is 0 Å². The molecule has 3 rings (SSSR count). The molecule has 0 radical (unpaired) electrons. The fourth-order valence-electron chi connectivity index (χ4n) is 2.77. The highest BCUT2D eigenvalue weighted by Gasteiger charge is 2.27. The van der Waals surface area contributed by atoms with Crippen LogP contribution in [-0.4, -0.2) is 5.78 Å². The van der Waals surface area contributed by atoms with Crippen LogP contribution in [0.2, 0.25) is 0 Å². The van der Waals surface area contributed by atoms with Gasteiger partial charge in [0.15, 0.2) is 5.78 Å². The first-order valence-corrected chi connectivity index (χ1v) is 7.40. The molecule has 0 N–H and O–H groups in total. The Kier molecular flexibility index (Phi) is 3.52. The second kappa shape index (κ2) is 5.30. The Morgan fingerprint density at radius 1 is 1.11 bits per heavy atom. The SMILES string of the molecule is O=C1c2cc(Br)ccc2CC[C@@H]1Cc1ccccc1. The predicted octanol–water partition coefficient (Wildman–Crippen LogP) is 4.44. The molecule has 1 atom stereocenters. The Morgan fingerprint density at radius 2 is 1.89 bits per heavy atom. The van der Waals surface area contributed by atoms with Crippen molar-refractivity contribution in [1.82, 2.24) is 0 Å². The molecule has 0 amide bonds. The number of benzene rings is 2. The number of carbonyl (C=O) groups is 1. The van der Waals surface area contributed by atoms with E-state index in [4.69, 9.17) is 0 Å². The summed E-state index contributed by atoms with van der Waals surface area (Å²) in [5, 5.41) is 0. The summed E-state index contributed by atoms with van der Waals surface area (Å²) in [6.07, 6.45) is 2.82. The van der Waals surface area contributed by atoms with Gasteiger partial charge in [0.25, 0.3) is 0 Å². The zero-order valence-electron chi connectivity index (χ0n) is 10.6. The third-order valence-corrected chi connectivity index (χ3v) is 4.29. The van der Waals surface area contributed by atoms with Crippen molar-refractivity contribution in [2.24, 2.45) is 5.92 Å². The van der Waals surface area contributed by atoms with Crippen molar-refractivity contribution in [2.45, 2.75) is 19.3 Å². The lowest BCUT2D eigenvalue weighted by atomic mass is 9.80. The molecule has 0 heterocycles. The average Bonchev–Trinajstić information content (AvgIpc) is 2.44. The molecule has 1 aliphatic rings. The highest BCUT2D eigenvalue weighted by Crippen LogP contribution is 2.29. The van der Waals surface area contributed by atoms with Crippen molar-refractivity contribution in [1.29, 1.82) is 0 Å². The number of hydrogen-bond acceptors (Lipinski definition) is 1. The van der Waals surface area contributed by atoms with Gasteiger partial charge in [-0.3, -0.25) is 4.79 Å². The summed E-state index contributed by atoms with van der Waals surface area (Å²) < 4.78 is 0.986. The zero-order valence-corrected chi connectivity index (χ0v) is 12.2. The molecule has 0 aromatic heterocycles. The molecule has 2 aromatic rings. The minimum Gasteiger partial charge on any atom is -0.294 e. The molecule has 0 fully saturated rings. The topological polar surface area (TPSA) is 17.1 Å². The van der Waals surface area contributed by atoms with Crippen LogP contribution in [0.1, 0.15) is 27.9 Å². The molecule has 0 bridgehead atoms. The van der Waals surface area contributed by atoms with E-state index in [2.05, 4.69) is 34.1 Å². The van der Waals surface area contributed by atoms with E-state index in [0.29, 0.717) is 5.78 Å². The Hall–Kier alpha value is -1.41. The molecule has 19 heavy (non-hydrogen) atoms. The zero-order chi connectivity index (χ0) is 13.2. The van der Waals surface area contributed by atoms with Gasteiger partial charge in [-0.05, 0) is 42.5 Å². The number of hydrogen-bond donors (Lipinski definition) is 0. The maximum absolute atomic E-state index is 12.6. The van der Waals surface area contributed by atoms with Crippen molar-refractivity contribution in [3.05, 3.63) is 69.7 Å². The summed E-state index contributed by atoms with van der Waals surface area (Å²) in [5.41, 5.74) is 3.35. The Labute approximate surface area is 121 Å². The van der Waals surface area contributed by atoms with Crippen molar-refractivity contribution in [3.63, 3.8) is 0 Å². The largest absolute Gasteiger partial charge is 0.294 e. The van der Waals surface area contributed by atoms with Crippen LogP contribution in [0.25, 0.3) is 0 Å². The second-order valence-electron chi connectivity index (χ2n) is 5.09. The molecule has 2 heteroatoms. The molecule has 0 spiro atoms.